The second kappa shape index (κ2) is 9.92. The van der Waals surface area contributed by atoms with Crippen molar-refractivity contribution < 1.29 is 4.79 Å². The average molecular weight is 384 g/mol. The van der Waals surface area contributed by atoms with Gasteiger partial charge in [0.15, 0.2) is 0 Å². The molecule has 0 fully saturated rings. The summed E-state index contributed by atoms with van der Waals surface area (Å²) >= 11 is 3.90. The summed E-state index contributed by atoms with van der Waals surface area (Å²) in [5.74, 6) is 1.14. The molecule has 0 saturated carbocycles. The van der Waals surface area contributed by atoms with Crippen molar-refractivity contribution in [2.45, 2.75) is 33.1 Å². The maximum Gasteiger partial charge on any atom is 0.258 e. The Morgan fingerprint density at radius 1 is 1.15 bits per heavy atom. The molecule has 142 valence electrons. The zero-order valence-corrected chi connectivity index (χ0v) is 16.7. The van der Waals surface area contributed by atoms with Crippen LogP contribution in [0.2, 0.25) is 0 Å². The van der Waals surface area contributed by atoms with Crippen LogP contribution in [0, 0.1) is 0 Å². The van der Waals surface area contributed by atoms with E-state index in [0.29, 0.717) is 5.39 Å². The Morgan fingerprint density at radius 3 is 2.48 bits per heavy atom. The van der Waals surface area contributed by atoms with E-state index in [1.54, 1.807) is 6.07 Å². The maximum absolute atomic E-state index is 11.6. The van der Waals surface area contributed by atoms with Gasteiger partial charge < -0.3 is 10.3 Å². The summed E-state index contributed by atoms with van der Waals surface area (Å²) in [5, 5.41) is 3.45. The van der Waals surface area contributed by atoms with Gasteiger partial charge in [-0.3, -0.25) is 9.59 Å². The first-order valence-electron chi connectivity index (χ1n) is 8.93. The zero-order valence-electron chi connectivity index (χ0n) is 15.8. The predicted octanol–water partition coefficient (Wildman–Crippen LogP) is 4.16. The SMILES string of the molecule is CC(C)c1nc2ccccc2c(=O)[nH]1.CCc1ccccc1NC(=O)CS. The number of nitrogens with one attached hydrogen (secondary N) is 2. The van der Waals surface area contributed by atoms with Crippen LogP contribution in [-0.2, 0) is 11.2 Å². The summed E-state index contributed by atoms with van der Waals surface area (Å²) in [6.45, 7) is 6.08. The number of H-pyrrole nitrogens is 1. The third-order valence-electron chi connectivity index (χ3n) is 3.99. The lowest BCUT2D eigenvalue weighted by Crippen LogP contribution is -2.13. The molecule has 5 nitrogen and oxygen atoms in total. The van der Waals surface area contributed by atoms with Crippen LogP contribution in [0.1, 0.15) is 38.1 Å². The van der Waals surface area contributed by atoms with Crippen LogP contribution in [0.15, 0.2) is 53.3 Å². The van der Waals surface area contributed by atoms with Gasteiger partial charge in [0.05, 0.1) is 16.7 Å². The summed E-state index contributed by atoms with van der Waals surface area (Å²) in [5.41, 5.74) is 2.75. The number of aromatic nitrogens is 2. The minimum Gasteiger partial charge on any atom is -0.325 e. The highest BCUT2D eigenvalue weighted by Gasteiger charge is 2.05. The lowest BCUT2D eigenvalue weighted by molar-refractivity contribution is -0.113. The highest BCUT2D eigenvalue weighted by Crippen LogP contribution is 2.15. The molecule has 0 unspecified atom stereocenters. The highest BCUT2D eigenvalue weighted by molar-refractivity contribution is 7.81. The molecule has 0 aliphatic rings. The molecule has 0 aliphatic heterocycles. The first-order chi connectivity index (χ1) is 13.0. The van der Waals surface area contributed by atoms with Gasteiger partial charge in [0, 0.05) is 11.6 Å². The molecule has 0 aliphatic carbocycles. The molecule has 2 N–H and O–H groups in total. The van der Waals surface area contributed by atoms with Crippen LogP contribution in [0.25, 0.3) is 10.9 Å². The van der Waals surface area contributed by atoms with E-state index in [0.717, 1.165) is 29.0 Å². The van der Waals surface area contributed by atoms with E-state index in [9.17, 15) is 9.59 Å². The Bertz CT molecular complexity index is 967. The molecular weight excluding hydrogens is 358 g/mol. The monoisotopic (exact) mass is 383 g/mol. The second-order valence-corrected chi connectivity index (χ2v) is 6.66. The highest BCUT2D eigenvalue weighted by atomic mass is 32.1. The van der Waals surface area contributed by atoms with Gasteiger partial charge in [-0.15, -0.1) is 0 Å². The third-order valence-corrected chi connectivity index (χ3v) is 4.28. The van der Waals surface area contributed by atoms with Gasteiger partial charge in [0.2, 0.25) is 5.91 Å². The topological polar surface area (TPSA) is 74.8 Å². The number of thiol groups is 1. The average Bonchev–Trinajstić information content (AvgIpc) is 2.68. The summed E-state index contributed by atoms with van der Waals surface area (Å²) < 4.78 is 0. The smallest absolute Gasteiger partial charge is 0.258 e. The van der Waals surface area contributed by atoms with Crippen molar-refractivity contribution in [2.24, 2.45) is 0 Å². The number of aryl methyl sites for hydroxylation is 1. The van der Waals surface area contributed by atoms with Gasteiger partial charge in [-0.1, -0.05) is 51.1 Å². The number of nitrogens with zero attached hydrogens (tertiary/aromatic N) is 1. The van der Waals surface area contributed by atoms with Gasteiger partial charge >= 0.3 is 0 Å². The van der Waals surface area contributed by atoms with E-state index in [1.165, 1.54) is 0 Å². The predicted molar refractivity (Wildman–Crippen MR) is 115 cm³/mol. The quantitative estimate of drug-likeness (QED) is 0.592. The fraction of sp³-hybridized carbons (Fsp3) is 0.286. The number of carbonyl (C=O) groups is 1. The largest absolute Gasteiger partial charge is 0.325 e. The Kier molecular flexibility index (Phi) is 7.61. The van der Waals surface area contributed by atoms with Crippen LogP contribution >= 0.6 is 12.6 Å². The molecule has 0 radical (unpaired) electrons. The van der Waals surface area contributed by atoms with Crippen LogP contribution < -0.4 is 10.9 Å². The fourth-order valence-corrected chi connectivity index (χ4v) is 2.60. The van der Waals surface area contributed by atoms with Gasteiger partial charge in [-0.25, -0.2) is 4.98 Å². The summed E-state index contributed by atoms with van der Waals surface area (Å²) in [6, 6.07) is 15.2. The van der Waals surface area contributed by atoms with Crippen LogP contribution in [0.5, 0.6) is 0 Å². The van der Waals surface area contributed by atoms with Gasteiger partial charge in [-0.2, -0.15) is 12.6 Å². The van der Waals surface area contributed by atoms with Crippen molar-refractivity contribution >= 4 is 35.1 Å². The molecule has 0 bridgehead atoms. The van der Waals surface area contributed by atoms with Crippen LogP contribution in [-0.4, -0.2) is 21.6 Å². The molecule has 2 aromatic carbocycles. The number of hydrogen-bond acceptors (Lipinski definition) is 4. The number of fused-ring (bicyclic) bond motifs is 1. The van der Waals surface area contributed by atoms with Crippen molar-refractivity contribution in [3.8, 4) is 0 Å². The van der Waals surface area contributed by atoms with Gasteiger partial charge in [-0.05, 0) is 30.2 Å². The number of benzene rings is 2. The van der Waals surface area contributed by atoms with Gasteiger partial charge in [0.25, 0.3) is 5.56 Å². The molecular formula is C21H25N3O2S. The minimum absolute atomic E-state index is 0.0562. The molecule has 27 heavy (non-hydrogen) atoms. The molecule has 0 saturated heterocycles. The fourth-order valence-electron chi connectivity index (χ4n) is 2.52. The van der Waals surface area contributed by atoms with Gasteiger partial charge in [0.1, 0.15) is 5.82 Å². The van der Waals surface area contributed by atoms with Crippen molar-refractivity contribution in [1.29, 1.82) is 0 Å². The molecule has 1 heterocycles. The van der Waals surface area contributed by atoms with Crippen molar-refractivity contribution in [3.63, 3.8) is 0 Å². The third kappa shape index (κ3) is 5.69. The number of anilines is 1. The number of aromatic amines is 1. The Hall–Kier alpha value is -2.60. The summed E-state index contributed by atoms with van der Waals surface area (Å²) in [6.07, 6.45) is 0.920. The molecule has 3 rings (SSSR count). The number of hydrogen-bond donors (Lipinski definition) is 3. The van der Waals surface area contributed by atoms with E-state index in [2.05, 4.69) is 34.8 Å². The maximum atomic E-state index is 11.6. The van der Waals surface area contributed by atoms with E-state index in [-0.39, 0.29) is 23.1 Å². The van der Waals surface area contributed by atoms with E-state index in [4.69, 9.17) is 0 Å². The van der Waals surface area contributed by atoms with E-state index in [1.807, 2.05) is 56.3 Å². The molecule has 0 atom stereocenters. The summed E-state index contributed by atoms with van der Waals surface area (Å²) in [4.78, 5) is 29.8. The Labute approximate surface area is 164 Å². The first kappa shape index (κ1) is 20.7. The normalized spacial score (nSPS) is 10.4. The van der Waals surface area contributed by atoms with Crippen LogP contribution in [0.4, 0.5) is 5.69 Å². The summed E-state index contributed by atoms with van der Waals surface area (Å²) in [7, 11) is 0. The van der Waals surface area contributed by atoms with Crippen molar-refractivity contribution in [2.75, 3.05) is 11.1 Å². The lowest BCUT2D eigenvalue weighted by atomic mass is 10.1. The lowest BCUT2D eigenvalue weighted by Gasteiger charge is -2.07. The Balaban J connectivity index is 0.000000194. The van der Waals surface area contributed by atoms with Crippen molar-refractivity contribution in [3.05, 3.63) is 70.3 Å². The standard InChI is InChI=1S/C11H12N2O.C10H13NOS/c1-7(2)10-12-9-6-4-3-5-8(9)11(14)13-10;1-2-8-5-3-4-6-9(8)11-10(12)7-13/h3-7H,1-2H3,(H,12,13,14);3-6,13H,2,7H2,1H3,(H,11,12). The number of amides is 1. The number of rotatable bonds is 4. The molecule has 1 aromatic heterocycles. The second-order valence-electron chi connectivity index (χ2n) is 6.34. The van der Waals surface area contributed by atoms with E-state index >= 15 is 0 Å². The molecule has 3 aromatic rings. The number of carbonyl (C=O) groups excluding carboxylic acids is 1. The van der Waals surface area contributed by atoms with Crippen LogP contribution in [0.3, 0.4) is 0 Å². The molecule has 0 spiro atoms. The number of para-hydroxylation sites is 2. The van der Waals surface area contributed by atoms with E-state index < -0.39 is 0 Å². The minimum atomic E-state index is -0.0655. The Morgan fingerprint density at radius 2 is 1.81 bits per heavy atom. The molecule has 6 heteroatoms. The first-order valence-corrected chi connectivity index (χ1v) is 9.57. The van der Waals surface area contributed by atoms with Crippen molar-refractivity contribution in [1.82, 2.24) is 9.97 Å². The molecule has 1 amide bonds. The zero-order chi connectivity index (χ0) is 19.8.